The lowest BCUT2D eigenvalue weighted by Gasteiger charge is -2.37. The van der Waals surface area contributed by atoms with Gasteiger partial charge in [0, 0.05) is 28.3 Å². The molecule has 2 bridgehead atoms. The molecule has 110 valence electrons. The number of benzene rings is 2. The third-order valence-electron chi connectivity index (χ3n) is 5.27. The summed E-state index contributed by atoms with van der Waals surface area (Å²) >= 11 is 3.54. The van der Waals surface area contributed by atoms with E-state index in [1.807, 2.05) is 0 Å². The largest absolute Gasteiger partial charge is 0.382 e. The number of nitrogens with zero attached hydrogens (tertiary/aromatic N) is 1. The molecule has 2 fully saturated rings. The van der Waals surface area contributed by atoms with Crippen LogP contribution in [0.25, 0.3) is 10.8 Å². The molecule has 0 spiro atoms. The van der Waals surface area contributed by atoms with Crippen molar-refractivity contribution < 1.29 is 0 Å². The molecule has 2 unspecified atom stereocenters. The fourth-order valence-corrected chi connectivity index (χ4v) is 4.45. The summed E-state index contributed by atoms with van der Waals surface area (Å²) in [5, 5.41) is 6.37. The van der Waals surface area contributed by atoms with Crippen LogP contribution in [-0.2, 0) is 0 Å². The Morgan fingerprint density at radius 3 is 2.43 bits per heavy atom. The Morgan fingerprint density at radius 1 is 1.00 bits per heavy atom. The lowest BCUT2D eigenvalue weighted by Crippen LogP contribution is -2.44. The van der Waals surface area contributed by atoms with Gasteiger partial charge in [-0.1, -0.05) is 28.1 Å². The van der Waals surface area contributed by atoms with Gasteiger partial charge < -0.3 is 10.2 Å². The van der Waals surface area contributed by atoms with Gasteiger partial charge >= 0.3 is 0 Å². The summed E-state index contributed by atoms with van der Waals surface area (Å²) in [4.78, 5) is 2.59. The van der Waals surface area contributed by atoms with Gasteiger partial charge in [0.15, 0.2) is 0 Å². The fourth-order valence-electron chi connectivity index (χ4n) is 4.07. The summed E-state index contributed by atoms with van der Waals surface area (Å²) in [5.74, 6) is 0. The van der Waals surface area contributed by atoms with E-state index in [1.165, 1.54) is 42.1 Å². The van der Waals surface area contributed by atoms with Crippen LogP contribution >= 0.6 is 15.9 Å². The predicted molar refractivity (Wildman–Crippen MR) is 92.9 cm³/mol. The van der Waals surface area contributed by atoms with E-state index in [-0.39, 0.29) is 0 Å². The molecule has 2 saturated heterocycles. The highest BCUT2D eigenvalue weighted by Gasteiger charge is 2.38. The summed E-state index contributed by atoms with van der Waals surface area (Å²) in [6, 6.07) is 15.4. The molecule has 2 aliphatic heterocycles. The average Bonchev–Trinajstić information content (AvgIpc) is 2.70. The van der Waals surface area contributed by atoms with Crippen molar-refractivity contribution >= 4 is 32.4 Å². The minimum Gasteiger partial charge on any atom is -0.382 e. The second-order valence-corrected chi connectivity index (χ2v) is 7.49. The van der Waals surface area contributed by atoms with Gasteiger partial charge in [-0.15, -0.1) is 0 Å². The smallest absolute Gasteiger partial charge is 0.0348 e. The maximum atomic E-state index is 3.77. The van der Waals surface area contributed by atoms with Crippen molar-refractivity contribution in [3.8, 4) is 0 Å². The summed E-state index contributed by atoms with van der Waals surface area (Å²) in [6.45, 7) is 0. The van der Waals surface area contributed by atoms with E-state index < -0.39 is 0 Å². The molecule has 0 amide bonds. The topological polar surface area (TPSA) is 15.3 Å². The Labute approximate surface area is 134 Å². The predicted octanol–water partition coefficient (Wildman–Crippen LogP) is 4.64. The van der Waals surface area contributed by atoms with Crippen LogP contribution in [-0.4, -0.2) is 30.1 Å². The van der Waals surface area contributed by atoms with Crippen LogP contribution in [0.4, 0.5) is 5.69 Å². The number of hydrogen-bond acceptors (Lipinski definition) is 2. The molecule has 2 heterocycles. The zero-order valence-electron chi connectivity index (χ0n) is 12.3. The van der Waals surface area contributed by atoms with Crippen molar-refractivity contribution in [3.63, 3.8) is 0 Å². The van der Waals surface area contributed by atoms with Crippen LogP contribution in [0.3, 0.4) is 0 Å². The zero-order valence-corrected chi connectivity index (χ0v) is 13.9. The minimum absolute atomic E-state index is 0.631. The lowest BCUT2D eigenvalue weighted by atomic mass is 9.97. The van der Waals surface area contributed by atoms with E-state index in [2.05, 4.69) is 69.6 Å². The maximum absolute atomic E-state index is 3.77. The first-order chi connectivity index (χ1) is 10.2. The first kappa shape index (κ1) is 13.6. The summed E-state index contributed by atoms with van der Waals surface area (Å²) in [6.07, 6.45) is 5.33. The van der Waals surface area contributed by atoms with Gasteiger partial charge in [-0.05, 0) is 67.8 Å². The molecule has 2 aromatic carbocycles. The van der Waals surface area contributed by atoms with Crippen molar-refractivity contribution in [2.75, 3.05) is 12.4 Å². The van der Waals surface area contributed by atoms with Gasteiger partial charge in [0.05, 0.1) is 0 Å². The minimum atomic E-state index is 0.631. The van der Waals surface area contributed by atoms with Crippen molar-refractivity contribution in [3.05, 3.63) is 40.9 Å². The van der Waals surface area contributed by atoms with Gasteiger partial charge in [0.25, 0.3) is 0 Å². The molecule has 1 N–H and O–H groups in total. The van der Waals surface area contributed by atoms with E-state index >= 15 is 0 Å². The van der Waals surface area contributed by atoms with Crippen LogP contribution in [0, 0.1) is 0 Å². The Balaban J connectivity index is 1.53. The second-order valence-electron chi connectivity index (χ2n) is 6.57. The Hall–Kier alpha value is -1.06. The molecular weight excluding hydrogens is 324 g/mol. The molecule has 2 nitrogen and oxygen atoms in total. The maximum Gasteiger partial charge on any atom is 0.0348 e. The highest BCUT2D eigenvalue weighted by atomic mass is 79.9. The fraction of sp³-hybridized carbons (Fsp3) is 0.444. The van der Waals surface area contributed by atoms with E-state index in [9.17, 15) is 0 Å². The van der Waals surface area contributed by atoms with Gasteiger partial charge in [-0.3, -0.25) is 0 Å². The molecule has 2 atom stereocenters. The molecule has 2 aromatic rings. The number of fused-ring (bicyclic) bond motifs is 3. The molecule has 4 rings (SSSR count). The molecule has 21 heavy (non-hydrogen) atoms. The highest BCUT2D eigenvalue weighted by molar-refractivity contribution is 9.10. The number of halogens is 1. The quantitative estimate of drug-likeness (QED) is 0.853. The number of hydrogen-bond donors (Lipinski definition) is 1. The third-order valence-corrected chi connectivity index (χ3v) is 5.76. The molecule has 0 aromatic heterocycles. The summed E-state index contributed by atoms with van der Waals surface area (Å²) in [7, 11) is 2.30. The summed E-state index contributed by atoms with van der Waals surface area (Å²) in [5.41, 5.74) is 1.26. The number of anilines is 1. The standard InChI is InChI=1S/C18H21BrN2/c1-21-17-6-7-18(21)11-16(10-17)20-15-5-3-12-8-14(19)4-2-13(12)9-15/h2-5,8-9,16-18,20H,6-7,10-11H2,1H3. The average molecular weight is 345 g/mol. The van der Waals surface area contributed by atoms with Crippen molar-refractivity contribution in [1.29, 1.82) is 0 Å². The second kappa shape index (κ2) is 5.29. The molecule has 3 heteroatoms. The number of rotatable bonds is 2. The Bertz CT molecular complexity index is 655. The van der Waals surface area contributed by atoms with E-state index in [0.29, 0.717) is 6.04 Å². The Morgan fingerprint density at radius 2 is 1.67 bits per heavy atom. The van der Waals surface area contributed by atoms with Crippen LogP contribution in [0.5, 0.6) is 0 Å². The van der Waals surface area contributed by atoms with Crippen molar-refractivity contribution in [1.82, 2.24) is 4.90 Å². The number of piperidine rings is 1. The van der Waals surface area contributed by atoms with Crippen LogP contribution in [0.1, 0.15) is 25.7 Å². The Kier molecular flexibility index (Phi) is 3.43. The monoisotopic (exact) mass is 344 g/mol. The van der Waals surface area contributed by atoms with Crippen LogP contribution in [0.15, 0.2) is 40.9 Å². The van der Waals surface area contributed by atoms with E-state index in [0.717, 1.165) is 16.6 Å². The van der Waals surface area contributed by atoms with Crippen molar-refractivity contribution in [2.45, 2.75) is 43.8 Å². The van der Waals surface area contributed by atoms with Gasteiger partial charge in [-0.25, -0.2) is 0 Å². The molecule has 0 aliphatic carbocycles. The third kappa shape index (κ3) is 2.58. The number of nitrogens with one attached hydrogen (secondary N) is 1. The highest BCUT2D eigenvalue weighted by Crippen LogP contribution is 2.35. The molecule has 0 saturated carbocycles. The van der Waals surface area contributed by atoms with Gasteiger partial charge in [-0.2, -0.15) is 0 Å². The van der Waals surface area contributed by atoms with E-state index in [1.54, 1.807) is 0 Å². The first-order valence-electron chi connectivity index (χ1n) is 7.87. The van der Waals surface area contributed by atoms with Gasteiger partial charge in [0.1, 0.15) is 0 Å². The normalized spacial score (nSPS) is 29.0. The molecule has 2 aliphatic rings. The summed E-state index contributed by atoms with van der Waals surface area (Å²) < 4.78 is 1.14. The van der Waals surface area contributed by atoms with Crippen LogP contribution < -0.4 is 5.32 Å². The molecular formula is C18H21BrN2. The SMILES string of the molecule is CN1C2CCC1CC(Nc1ccc3cc(Br)ccc3c1)C2. The van der Waals surface area contributed by atoms with Crippen molar-refractivity contribution in [2.24, 2.45) is 0 Å². The zero-order chi connectivity index (χ0) is 14.4. The van der Waals surface area contributed by atoms with Crippen LogP contribution in [0.2, 0.25) is 0 Å². The van der Waals surface area contributed by atoms with E-state index in [4.69, 9.17) is 0 Å². The first-order valence-corrected chi connectivity index (χ1v) is 8.66. The lowest BCUT2D eigenvalue weighted by molar-refractivity contribution is 0.169. The molecule has 0 radical (unpaired) electrons. The van der Waals surface area contributed by atoms with Gasteiger partial charge in [0.2, 0.25) is 0 Å².